The highest BCUT2D eigenvalue weighted by Gasteiger charge is 2.46. The van der Waals surface area contributed by atoms with E-state index < -0.39 is 0 Å². The molecular formula is C62H58BN3. The van der Waals surface area contributed by atoms with Gasteiger partial charge in [0.15, 0.2) is 0 Å². The second kappa shape index (κ2) is 16.4. The quantitative estimate of drug-likeness (QED) is 0.148. The molecule has 0 saturated carbocycles. The van der Waals surface area contributed by atoms with E-state index in [0.717, 1.165) is 12.8 Å². The van der Waals surface area contributed by atoms with E-state index in [1.165, 1.54) is 89.6 Å². The van der Waals surface area contributed by atoms with Crippen molar-refractivity contribution in [2.24, 2.45) is 0 Å². The first kappa shape index (κ1) is 41.7. The summed E-state index contributed by atoms with van der Waals surface area (Å²) in [7, 11) is 0. The van der Waals surface area contributed by atoms with Gasteiger partial charge in [-0.25, -0.2) is 0 Å². The molecule has 4 aliphatic rings. The fourth-order valence-electron chi connectivity index (χ4n) is 10.9. The molecule has 0 saturated heterocycles. The van der Waals surface area contributed by atoms with Gasteiger partial charge in [0, 0.05) is 39.7 Å². The molecule has 0 N–H and O–H groups in total. The molecule has 0 amide bonds. The molecular weight excluding hydrogens is 798 g/mol. The molecule has 0 spiro atoms. The van der Waals surface area contributed by atoms with Crippen LogP contribution in [0.2, 0.25) is 0 Å². The zero-order valence-electron chi connectivity index (χ0n) is 39.1. The molecule has 66 heavy (non-hydrogen) atoms. The summed E-state index contributed by atoms with van der Waals surface area (Å²) in [4.78, 5) is 7.97. The highest BCUT2D eigenvalue weighted by atomic mass is 15.2. The Morgan fingerprint density at radius 1 is 0.500 bits per heavy atom. The smallest absolute Gasteiger partial charge is 0.252 e. The second-order valence-corrected chi connectivity index (χ2v) is 20.5. The molecule has 4 heteroatoms. The molecule has 0 fully saturated rings. The Morgan fingerprint density at radius 2 is 1.09 bits per heavy atom. The lowest BCUT2D eigenvalue weighted by Gasteiger charge is -2.48. The van der Waals surface area contributed by atoms with E-state index in [1.54, 1.807) is 0 Å². The number of anilines is 7. The first-order valence-electron chi connectivity index (χ1n) is 23.8. The van der Waals surface area contributed by atoms with Crippen LogP contribution in [0.25, 0.3) is 16.7 Å². The van der Waals surface area contributed by atoms with Crippen LogP contribution in [0.3, 0.4) is 0 Å². The third kappa shape index (κ3) is 7.24. The lowest BCUT2D eigenvalue weighted by Crippen LogP contribution is -2.63. The molecule has 2 heterocycles. The van der Waals surface area contributed by atoms with Gasteiger partial charge >= 0.3 is 0 Å². The van der Waals surface area contributed by atoms with Crippen LogP contribution in [-0.4, -0.2) is 18.8 Å². The van der Waals surface area contributed by atoms with Crippen molar-refractivity contribution in [1.82, 2.24) is 0 Å². The van der Waals surface area contributed by atoms with Crippen molar-refractivity contribution in [2.75, 3.05) is 14.7 Å². The summed E-state index contributed by atoms with van der Waals surface area (Å²) in [5.74, 6) is 0. The Balaban J connectivity index is 1.28. The van der Waals surface area contributed by atoms with Gasteiger partial charge in [-0.2, -0.15) is 0 Å². The van der Waals surface area contributed by atoms with E-state index in [2.05, 4.69) is 263 Å². The average molecular weight is 856 g/mol. The van der Waals surface area contributed by atoms with Gasteiger partial charge in [-0.3, -0.25) is 0 Å². The van der Waals surface area contributed by atoms with E-state index in [1.807, 2.05) is 0 Å². The van der Waals surface area contributed by atoms with Crippen LogP contribution in [0.4, 0.5) is 39.8 Å². The van der Waals surface area contributed by atoms with Gasteiger partial charge in [0.2, 0.25) is 0 Å². The predicted molar refractivity (Wildman–Crippen MR) is 284 cm³/mol. The fourth-order valence-corrected chi connectivity index (χ4v) is 10.9. The lowest BCUT2D eigenvalue weighted by molar-refractivity contribution is 0.590. The Hall–Kier alpha value is -7.04. The monoisotopic (exact) mass is 855 g/mol. The Morgan fingerprint density at radius 3 is 1.76 bits per heavy atom. The van der Waals surface area contributed by atoms with Crippen LogP contribution in [0, 0.1) is 0 Å². The van der Waals surface area contributed by atoms with Gasteiger partial charge < -0.3 is 14.7 Å². The normalized spacial score (nSPS) is 17.2. The van der Waals surface area contributed by atoms with Crippen LogP contribution in [0.5, 0.6) is 0 Å². The number of allylic oxidation sites excluding steroid dienone is 4. The van der Waals surface area contributed by atoms with E-state index in [-0.39, 0.29) is 29.6 Å². The minimum absolute atomic E-state index is 0.000512. The van der Waals surface area contributed by atoms with Gasteiger partial charge in [-0.05, 0) is 110 Å². The third-order valence-electron chi connectivity index (χ3n) is 14.2. The summed E-state index contributed by atoms with van der Waals surface area (Å²) in [6, 6.07) is 62.1. The minimum atomic E-state index is -0.0601. The molecule has 2 aliphatic carbocycles. The summed E-state index contributed by atoms with van der Waals surface area (Å²) in [6.45, 7) is 14.1. The minimum Gasteiger partial charge on any atom is -0.334 e. The first-order chi connectivity index (χ1) is 32.0. The molecule has 0 aromatic heterocycles. The van der Waals surface area contributed by atoms with Crippen molar-refractivity contribution in [3.8, 4) is 11.1 Å². The molecule has 2 atom stereocenters. The molecule has 7 aromatic carbocycles. The molecule has 0 bridgehead atoms. The van der Waals surface area contributed by atoms with Crippen molar-refractivity contribution in [3.05, 3.63) is 223 Å². The molecule has 3 nitrogen and oxygen atoms in total. The zero-order valence-corrected chi connectivity index (χ0v) is 39.1. The number of benzene rings is 7. The van der Waals surface area contributed by atoms with E-state index in [0.29, 0.717) is 0 Å². The topological polar surface area (TPSA) is 9.72 Å². The number of fused-ring (bicyclic) bond motifs is 4. The summed E-state index contributed by atoms with van der Waals surface area (Å²) < 4.78 is 0. The molecule has 11 rings (SSSR count). The number of rotatable bonds is 7. The molecule has 7 aromatic rings. The summed E-state index contributed by atoms with van der Waals surface area (Å²) in [5, 5.41) is 0. The maximum atomic E-state index is 2.75. The first-order valence-corrected chi connectivity index (χ1v) is 23.8. The Bertz CT molecular complexity index is 3080. The van der Waals surface area contributed by atoms with Gasteiger partial charge in [0.25, 0.3) is 6.71 Å². The summed E-state index contributed by atoms with van der Waals surface area (Å²) in [6.07, 6.45) is 17.9. The third-order valence-corrected chi connectivity index (χ3v) is 14.2. The number of hydrogen-bond acceptors (Lipinski definition) is 3. The Labute approximate surface area is 392 Å². The van der Waals surface area contributed by atoms with Crippen LogP contribution in [0.1, 0.15) is 71.1 Å². The van der Waals surface area contributed by atoms with Crippen molar-refractivity contribution in [2.45, 2.75) is 77.3 Å². The van der Waals surface area contributed by atoms with Crippen LogP contribution in [-0.2, 0) is 10.8 Å². The largest absolute Gasteiger partial charge is 0.334 e. The highest BCUT2D eigenvalue weighted by molar-refractivity contribution is 7.00. The SMILES string of the molecule is CC(C)(C)c1ccc2c(c1)N(c1ccccc1-c1ccccc1)c1cc(N(c3ccccc3)C3C=CC=CC3)cc3c1B2c1ccc(C(C)(C)C)cc1N3C1CC=CC=C1c1ccccc1. The number of hydrogen-bond donors (Lipinski definition) is 0. The lowest BCUT2D eigenvalue weighted by atomic mass is 9.33. The van der Waals surface area contributed by atoms with Crippen LogP contribution >= 0.6 is 0 Å². The van der Waals surface area contributed by atoms with E-state index in [9.17, 15) is 0 Å². The molecule has 0 radical (unpaired) electrons. The second-order valence-electron chi connectivity index (χ2n) is 20.5. The van der Waals surface area contributed by atoms with Gasteiger partial charge in [-0.1, -0.05) is 205 Å². The molecule has 2 aliphatic heterocycles. The van der Waals surface area contributed by atoms with Crippen molar-refractivity contribution >= 4 is 68.5 Å². The van der Waals surface area contributed by atoms with Gasteiger partial charge in [0.05, 0.1) is 17.8 Å². The molecule has 324 valence electrons. The van der Waals surface area contributed by atoms with Gasteiger partial charge in [0.1, 0.15) is 0 Å². The van der Waals surface area contributed by atoms with Gasteiger partial charge in [-0.15, -0.1) is 0 Å². The van der Waals surface area contributed by atoms with Crippen molar-refractivity contribution in [1.29, 1.82) is 0 Å². The maximum absolute atomic E-state index is 2.75. The summed E-state index contributed by atoms with van der Waals surface area (Å²) >= 11 is 0. The van der Waals surface area contributed by atoms with E-state index in [4.69, 9.17) is 0 Å². The zero-order chi connectivity index (χ0) is 45.2. The fraction of sp³-hybridized carbons (Fsp3) is 0.194. The highest BCUT2D eigenvalue weighted by Crippen LogP contribution is 2.50. The number of para-hydroxylation sites is 2. The maximum Gasteiger partial charge on any atom is 0.252 e. The molecule has 2 unspecified atom stereocenters. The average Bonchev–Trinajstić information content (AvgIpc) is 3.34. The summed E-state index contributed by atoms with van der Waals surface area (Å²) in [5.41, 5.74) is 20.1. The predicted octanol–water partition coefficient (Wildman–Crippen LogP) is 14.1. The standard InChI is InChI=1S/C62H58BN3/c1-61(2,3)45-35-37-52-56(39-45)65(54-33-21-19-31-50(54)43-23-11-7-12-24-43)58-41-49(64(47-27-15-9-16-28-47)48-29-17-10-18-30-48)42-59-60(58)63(52)53-38-36-46(62(4,5)6)40-57(53)66(59)55-34-22-20-32-51(55)44-25-13-8-14-26-44/h7-29,31-33,35-42,48,55H,30,34H2,1-6H3. The van der Waals surface area contributed by atoms with Crippen molar-refractivity contribution < 1.29 is 0 Å². The Kier molecular flexibility index (Phi) is 10.4. The number of nitrogens with zero attached hydrogens (tertiary/aromatic N) is 3. The van der Waals surface area contributed by atoms with Crippen LogP contribution in [0.15, 0.2) is 206 Å². The van der Waals surface area contributed by atoms with Crippen LogP contribution < -0.4 is 31.1 Å². The van der Waals surface area contributed by atoms with Crippen molar-refractivity contribution in [3.63, 3.8) is 0 Å². The van der Waals surface area contributed by atoms with E-state index >= 15 is 0 Å².